The molecule has 2 unspecified atom stereocenters. The number of hydrogen-bond acceptors (Lipinski definition) is 3. The topological polar surface area (TPSA) is 55.6 Å². The van der Waals surface area contributed by atoms with E-state index in [9.17, 15) is 4.79 Å². The molecule has 5 heteroatoms. The number of thiocarbonyl (C=S) groups is 1. The fourth-order valence-corrected chi connectivity index (χ4v) is 2.11. The zero-order chi connectivity index (χ0) is 11.4. The maximum atomic E-state index is 12.0. The molecular weight excluding hydrogens is 212 g/mol. The van der Waals surface area contributed by atoms with Crippen LogP contribution in [0.2, 0.25) is 0 Å². The summed E-state index contributed by atoms with van der Waals surface area (Å²) in [7, 11) is 1.67. The van der Waals surface area contributed by atoms with Gasteiger partial charge in [0.05, 0.1) is 17.0 Å². The third-order valence-corrected chi connectivity index (χ3v) is 3.12. The lowest BCUT2D eigenvalue weighted by atomic mass is 10.1. The van der Waals surface area contributed by atoms with Crippen LogP contribution >= 0.6 is 12.2 Å². The molecule has 86 valence electrons. The van der Waals surface area contributed by atoms with Gasteiger partial charge >= 0.3 is 0 Å². The average Bonchev–Trinajstić information content (AvgIpc) is 2.66. The highest BCUT2D eigenvalue weighted by atomic mass is 32.1. The molecule has 4 nitrogen and oxygen atoms in total. The molecule has 0 spiro atoms. The highest BCUT2D eigenvalue weighted by molar-refractivity contribution is 7.80. The molecule has 0 aromatic rings. The Bertz CT molecular complexity index is 258. The van der Waals surface area contributed by atoms with Gasteiger partial charge in [-0.05, 0) is 12.8 Å². The maximum Gasteiger partial charge on any atom is 0.232 e. The molecule has 1 saturated heterocycles. The quantitative estimate of drug-likeness (QED) is 0.716. The van der Waals surface area contributed by atoms with Gasteiger partial charge in [-0.25, -0.2) is 0 Å². The second kappa shape index (κ2) is 5.42. The van der Waals surface area contributed by atoms with Crippen molar-refractivity contribution in [2.24, 2.45) is 11.7 Å². The van der Waals surface area contributed by atoms with Gasteiger partial charge in [-0.2, -0.15) is 0 Å². The van der Waals surface area contributed by atoms with Crippen LogP contribution < -0.4 is 5.73 Å². The average molecular weight is 230 g/mol. The molecule has 0 saturated carbocycles. The Morgan fingerprint density at radius 2 is 2.40 bits per heavy atom. The fourth-order valence-electron chi connectivity index (χ4n) is 1.84. The summed E-state index contributed by atoms with van der Waals surface area (Å²) in [5, 5.41) is 0. The predicted octanol–water partition coefficient (Wildman–Crippen LogP) is 0.546. The summed E-state index contributed by atoms with van der Waals surface area (Å²) in [5.41, 5.74) is 5.54. The molecule has 2 N–H and O–H groups in total. The molecule has 1 aliphatic rings. The Hall–Kier alpha value is -0.680. The smallest absolute Gasteiger partial charge is 0.232 e. The van der Waals surface area contributed by atoms with Gasteiger partial charge in [0.25, 0.3) is 0 Å². The Kier molecular flexibility index (Phi) is 4.47. The Morgan fingerprint density at radius 1 is 1.73 bits per heavy atom. The first-order valence-electron chi connectivity index (χ1n) is 5.21. The van der Waals surface area contributed by atoms with E-state index in [-0.39, 0.29) is 17.9 Å². The van der Waals surface area contributed by atoms with Gasteiger partial charge in [0.2, 0.25) is 5.91 Å². The van der Waals surface area contributed by atoms with Crippen LogP contribution in [0.3, 0.4) is 0 Å². The number of likely N-dealkylation sites (tertiary alicyclic amines) is 1. The van der Waals surface area contributed by atoms with Gasteiger partial charge in [-0.3, -0.25) is 4.79 Å². The standard InChI is InChI=1S/C10H18N2O2S/c1-3-8(9(11)15)10(13)12-5-4-7(6-12)14-2/h7-8H,3-6H2,1-2H3,(H2,11,15). The van der Waals surface area contributed by atoms with Crippen molar-refractivity contribution < 1.29 is 9.53 Å². The number of carbonyl (C=O) groups is 1. The first-order chi connectivity index (χ1) is 7.10. The molecule has 1 heterocycles. The van der Waals surface area contributed by atoms with Crippen molar-refractivity contribution in [3.05, 3.63) is 0 Å². The third kappa shape index (κ3) is 2.89. The van der Waals surface area contributed by atoms with E-state index in [1.165, 1.54) is 0 Å². The largest absolute Gasteiger partial charge is 0.393 e. The van der Waals surface area contributed by atoms with Crippen LogP contribution in [-0.2, 0) is 9.53 Å². The molecular formula is C10H18N2O2S. The minimum atomic E-state index is -0.310. The minimum Gasteiger partial charge on any atom is -0.393 e. The number of ether oxygens (including phenoxy) is 1. The molecule has 1 aliphatic heterocycles. The molecule has 1 rings (SSSR count). The first kappa shape index (κ1) is 12.4. The summed E-state index contributed by atoms with van der Waals surface area (Å²) in [6.07, 6.45) is 1.73. The molecule has 0 aromatic heterocycles. The van der Waals surface area contributed by atoms with Crippen LogP contribution in [0.5, 0.6) is 0 Å². The monoisotopic (exact) mass is 230 g/mol. The lowest BCUT2D eigenvalue weighted by Crippen LogP contribution is -2.40. The van der Waals surface area contributed by atoms with E-state index >= 15 is 0 Å². The second-order valence-electron chi connectivity index (χ2n) is 3.79. The van der Waals surface area contributed by atoms with Crippen molar-refractivity contribution in [3.8, 4) is 0 Å². The Labute approximate surface area is 95.8 Å². The van der Waals surface area contributed by atoms with E-state index in [1.54, 1.807) is 12.0 Å². The molecule has 1 fully saturated rings. The van der Waals surface area contributed by atoms with Gasteiger partial charge in [-0.15, -0.1) is 0 Å². The van der Waals surface area contributed by atoms with Crippen LogP contribution in [0.15, 0.2) is 0 Å². The maximum absolute atomic E-state index is 12.0. The minimum absolute atomic E-state index is 0.0459. The number of rotatable bonds is 4. The molecule has 1 amide bonds. The number of amides is 1. The molecule has 15 heavy (non-hydrogen) atoms. The van der Waals surface area contributed by atoms with E-state index in [0.29, 0.717) is 18.0 Å². The fraction of sp³-hybridized carbons (Fsp3) is 0.800. The van der Waals surface area contributed by atoms with Crippen LogP contribution in [-0.4, -0.2) is 42.1 Å². The highest BCUT2D eigenvalue weighted by Gasteiger charge is 2.31. The van der Waals surface area contributed by atoms with Gasteiger partial charge in [0, 0.05) is 20.2 Å². The number of nitrogens with two attached hydrogens (primary N) is 1. The molecule has 0 bridgehead atoms. The van der Waals surface area contributed by atoms with Crippen LogP contribution in [0.25, 0.3) is 0 Å². The van der Waals surface area contributed by atoms with E-state index in [1.807, 2.05) is 6.92 Å². The Balaban J connectivity index is 2.57. The predicted molar refractivity (Wildman–Crippen MR) is 62.6 cm³/mol. The van der Waals surface area contributed by atoms with E-state index < -0.39 is 0 Å². The van der Waals surface area contributed by atoms with Gasteiger partial charge in [-0.1, -0.05) is 19.1 Å². The van der Waals surface area contributed by atoms with Crippen molar-refractivity contribution in [1.82, 2.24) is 4.90 Å². The van der Waals surface area contributed by atoms with Crippen LogP contribution in [0.1, 0.15) is 19.8 Å². The van der Waals surface area contributed by atoms with Crippen LogP contribution in [0, 0.1) is 5.92 Å². The zero-order valence-corrected chi connectivity index (χ0v) is 10.0. The molecule has 0 aromatic carbocycles. The number of nitrogens with zero attached hydrogens (tertiary/aromatic N) is 1. The number of hydrogen-bond donors (Lipinski definition) is 1. The number of methoxy groups -OCH3 is 1. The summed E-state index contributed by atoms with van der Waals surface area (Å²) < 4.78 is 5.21. The van der Waals surface area contributed by atoms with Crippen molar-refractivity contribution in [3.63, 3.8) is 0 Å². The number of carbonyl (C=O) groups excluding carboxylic acids is 1. The lowest BCUT2D eigenvalue weighted by molar-refractivity contribution is -0.132. The SMILES string of the molecule is CCC(C(=O)N1CCC(OC)C1)C(N)=S. The summed E-state index contributed by atoms with van der Waals surface area (Å²) in [5.74, 6) is -0.264. The third-order valence-electron chi connectivity index (χ3n) is 2.84. The normalized spacial score (nSPS) is 22.8. The first-order valence-corrected chi connectivity index (χ1v) is 5.61. The van der Waals surface area contributed by atoms with Crippen molar-refractivity contribution >= 4 is 23.1 Å². The summed E-state index contributed by atoms with van der Waals surface area (Å²) in [6.45, 7) is 3.33. The van der Waals surface area contributed by atoms with E-state index in [4.69, 9.17) is 22.7 Å². The highest BCUT2D eigenvalue weighted by Crippen LogP contribution is 2.16. The summed E-state index contributed by atoms with van der Waals surface area (Å²) >= 11 is 4.88. The molecule has 0 radical (unpaired) electrons. The summed E-state index contributed by atoms with van der Waals surface area (Å²) in [6, 6.07) is 0. The lowest BCUT2D eigenvalue weighted by Gasteiger charge is -2.21. The Morgan fingerprint density at radius 3 is 2.80 bits per heavy atom. The van der Waals surface area contributed by atoms with Gasteiger partial charge < -0.3 is 15.4 Å². The summed E-state index contributed by atoms with van der Waals surface area (Å²) in [4.78, 5) is 14.1. The van der Waals surface area contributed by atoms with E-state index in [0.717, 1.165) is 13.0 Å². The van der Waals surface area contributed by atoms with Gasteiger partial charge in [0.1, 0.15) is 0 Å². The molecule has 2 atom stereocenters. The van der Waals surface area contributed by atoms with Crippen molar-refractivity contribution in [2.45, 2.75) is 25.9 Å². The second-order valence-corrected chi connectivity index (χ2v) is 4.27. The molecule has 0 aliphatic carbocycles. The van der Waals surface area contributed by atoms with Crippen molar-refractivity contribution in [1.29, 1.82) is 0 Å². The van der Waals surface area contributed by atoms with Crippen molar-refractivity contribution in [2.75, 3.05) is 20.2 Å². The van der Waals surface area contributed by atoms with Gasteiger partial charge in [0.15, 0.2) is 0 Å². The zero-order valence-electron chi connectivity index (χ0n) is 9.23. The van der Waals surface area contributed by atoms with E-state index in [2.05, 4.69) is 0 Å². The van der Waals surface area contributed by atoms with Crippen LogP contribution in [0.4, 0.5) is 0 Å².